The molecule has 0 amide bonds. The molecule has 2 aromatic heterocycles. The lowest BCUT2D eigenvalue weighted by molar-refractivity contribution is 0.284. The van der Waals surface area contributed by atoms with E-state index in [2.05, 4.69) is 4.98 Å². The van der Waals surface area contributed by atoms with Crippen molar-refractivity contribution in [3.05, 3.63) is 96.7 Å². The van der Waals surface area contributed by atoms with Crippen molar-refractivity contribution in [2.24, 2.45) is 0 Å². The summed E-state index contributed by atoms with van der Waals surface area (Å²) >= 11 is 13.5. The lowest BCUT2D eigenvalue weighted by Crippen LogP contribution is -2.22. The minimum atomic E-state index is -0.114. The van der Waals surface area contributed by atoms with Crippen LogP contribution >= 0.6 is 34.5 Å². The van der Waals surface area contributed by atoms with Crippen LogP contribution in [-0.2, 0) is 6.61 Å². The van der Waals surface area contributed by atoms with Gasteiger partial charge < -0.3 is 9.47 Å². The smallest absolute Gasteiger partial charge is 0.274 e. The number of thiazole rings is 1. The van der Waals surface area contributed by atoms with Crippen LogP contribution in [-0.4, -0.2) is 16.5 Å². The molecule has 2 heterocycles. The van der Waals surface area contributed by atoms with Crippen LogP contribution < -0.4 is 19.6 Å². The lowest BCUT2D eigenvalue weighted by Gasteiger charge is -2.13. The van der Waals surface area contributed by atoms with Gasteiger partial charge in [-0.15, -0.1) is 0 Å². The van der Waals surface area contributed by atoms with Gasteiger partial charge in [-0.25, -0.2) is 9.38 Å². The average Bonchev–Trinajstić information content (AvgIpc) is 3.31. The zero-order valence-corrected chi connectivity index (χ0v) is 19.2. The maximum Gasteiger partial charge on any atom is 0.274 e. The summed E-state index contributed by atoms with van der Waals surface area (Å²) in [4.78, 5) is 18.3. The number of imidazole rings is 1. The van der Waals surface area contributed by atoms with E-state index in [0.29, 0.717) is 31.0 Å². The topological polar surface area (TPSA) is 52.8 Å². The van der Waals surface area contributed by atoms with Crippen molar-refractivity contribution in [2.75, 3.05) is 7.11 Å². The molecule has 0 fully saturated rings. The highest BCUT2D eigenvalue weighted by atomic mass is 35.5. The molecule has 0 aliphatic rings. The number of para-hydroxylation sites is 3. The van der Waals surface area contributed by atoms with Gasteiger partial charge in [-0.1, -0.05) is 64.9 Å². The first-order valence-corrected chi connectivity index (χ1v) is 11.3. The van der Waals surface area contributed by atoms with Gasteiger partial charge in [0, 0.05) is 5.56 Å². The van der Waals surface area contributed by atoms with Crippen LogP contribution in [0.2, 0.25) is 10.0 Å². The summed E-state index contributed by atoms with van der Waals surface area (Å²) in [5.41, 5.74) is 3.08. The molecule has 5 aromatic rings. The molecule has 0 saturated heterocycles. The standard InChI is InChI=1S/C24H16Cl2N2O3S/c1-30-20-8-4-5-15(22(20)31-13-14-9-10-16(25)17(26)11-14)12-21-23(29)28-19-7-3-2-6-18(19)27-24(28)32-21/h2-12H,13H2,1H3/b21-12-. The van der Waals surface area contributed by atoms with Crippen molar-refractivity contribution >= 4 is 56.6 Å². The molecule has 8 heteroatoms. The van der Waals surface area contributed by atoms with Crippen LogP contribution in [0.5, 0.6) is 11.5 Å². The molecule has 0 saturated carbocycles. The Morgan fingerprint density at radius 3 is 2.72 bits per heavy atom. The Kier molecular flexibility index (Phi) is 5.51. The minimum Gasteiger partial charge on any atom is -0.493 e. The molecule has 5 rings (SSSR count). The van der Waals surface area contributed by atoms with Crippen molar-refractivity contribution in [1.82, 2.24) is 9.38 Å². The van der Waals surface area contributed by atoms with Gasteiger partial charge in [0.1, 0.15) is 6.61 Å². The largest absolute Gasteiger partial charge is 0.493 e. The third-order valence-corrected chi connectivity index (χ3v) is 6.74. The number of ether oxygens (including phenoxy) is 2. The van der Waals surface area contributed by atoms with Crippen molar-refractivity contribution in [1.29, 1.82) is 0 Å². The predicted molar refractivity (Wildman–Crippen MR) is 129 cm³/mol. The van der Waals surface area contributed by atoms with Crippen LogP contribution in [0.15, 0.2) is 65.5 Å². The van der Waals surface area contributed by atoms with Gasteiger partial charge in [-0.2, -0.15) is 0 Å². The van der Waals surface area contributed by atoms with Gasteiger partial charge in [0.15, 0.2) is 16.5 Å². The first kappa shape index (κ1) is 20.8. The average molecular weight is 483 g/mol. The van der Waals surface area contributed by atoms with Gasteiger partial charge >= 0.3 is 0 Å². The first-order chi connectivity index (χ1) is 15.5. The van der Waals surface area contributed by atoms with E-state index in [4.69, 9.17) is 32.7 Å². The molecule has 0 unspecified atom stereocenters. The Labute approximate surface area is 197 Å². The Bertz CT molecular complexity index is 1580. The number of aromatic nitrogens is 2. The highest BCUT2D eigenvalue weighted by Crippen LogP contribution is 2.33. The Morgan fingerprint density at radius 2 is 1.91 bits per heavy atom. The Morgan fingerprint density at radius 1 is 1.06 bits per heavy atom. The monoisotopic (exact) mass is 482 g/mol. The van der Waals surface area contributed by atoms with Gasteiger partial charge in [0.2, 0.25) is 0 Å². The minimum absolute atomic E-state index is 0.114. The Hall–Kier alpha value is -3.06. The van der Waals surface area contributed by atoms with E-state index in [1.54, 1.807) is 23.6 Å². The van der Waals surface area contributed by atoms with Crippen molar-refractivity contribution in [3.63, 3.8) is 0 Å². The van der Waals surface area contributed by atoms with E-state index < -0.39 is 0 Å². The molecule has 160 valence electrons. The third kappa shape index (κ3) is 3.71. The number of fused-ring (bicyclic) bond motifs is 3. The summed E-state index contributed by atoms with van der Waals surface area (Å²) in [5.74, 6) is 1.11. The molecular formula is C24H16Cl2N2O3S. The molecule has 0 aliphatic carbocycles. The van der Waals surface area contributed by atoms with E-state index in [-0.39, 0.29) is 12.2 Å². The van der Waals surface area contributed by atoms with E-state index in [9.17, 15) is 4.79 Å². The van der Waals surface area contributed by atoms with E-state index in [1.807, 2.05) is 54.6 Å². The summed E-state index contributed by atoms with van der Waals surface area (Å²) in [7, 11) is 1.58. The molecule has 32 heavy (non-hydrogen) atoms. The summed E-state index contributed by atoms with van der Waals surface area (Å²) in [5, 5.41) is 0.949. The molecule has 0 atom stereocenters. The summed E-state index contributed by atoms with van der Waals surface area (Å²) in [6.07, 6.45) is 1.81. The summed E-state index contributed by atoms with van der Waals surface area (Å²) in [6, 6.07) is 18.5. The van der Waals surface area contributed by atoms with E-state index >= 15 is 0 Å². The predicted octanol–water partition coefficient (Wildman–Crippen LogP) is 5.35. The number of rotatable bonds is 5. The van der Waals surface area contributed by atoms with Gasteiger partial charge in [-0.05, 0) is 42.0 Å². The SMILES string of the molecule is COc1cccc(/C=c2\sc3nc4ccccc4n3c2=O)c1OCc1ccc(Cl)c(Cl)c1. The van der Waals surface area contributed by atoms with Gasteiger partial charge in [0.05, 0.1) is 32.7 Å². The zero-order chi connectivity index (χ0) is 22.2. The normalized spacial score (nSPS) is 12.0. The van der Waals surface area contributed by atoms with E-state index in [0.717, 1.165) is 22.2 Å². The number of nitrogens with zero attached hydrogens (tertiary/aromatic N) is 2. The fraction of sp³-hybridized carbons (Fsp3) is 0.0833. The van der Waals surface area contributed by atoms with Gasteiger partial charge in [0.25, 0.3) is 5.56 Å². The summed E-state index contributed by atoms with van der Waals surface area (Å²) < 4.78 is 13.8. The number of halogens is 2. The highest BCUT2D eigenvalue weighted by molar-refractivity contribution is 7.15. The Balaban J connectivity index is 1.58. The van der Waals surface area contributed by atoms with E-state index in [1.165, 1.54) is 11.3 Å². The number of hydrogen-bond donors (Lipinski definition) is 0. The number of methoxy groups -OCH3 is 1. The summed E-state index contributed by atoms with van der Waals surface area (Å²) in [6.45, 7) is 0.265. The zero-order valence-electron chi connectivity index (χ0n) is 16.8. The maximum absolute atomic E-state index is 13.1. The number of benzene rings is 3. The fourth-order valence-electron chi connectivity index (χ4n) is 3.50. The third-order valence-electron chi connectivity index (χ3n) is 5.03. The van der Waals surface area contributed by atoms with Gasteiger partial charge in [-0.3, -0.25) is 4.79 Å². The molecule has 0 bridgehead atoms. The van der Waals surface area contributed by atoms with Crippen molar-refractivity contribution in [2.45, 2.75) is 6.61 Å². The molecule has 3 aromatic carbocycles. The van der Waals surface area contributed by atoms with Crippen LogP contribution in [0, 0.1) is 0 Å². The second-order valence-electron chi connectivity index (χ2n) is 7.05. The van der Waals surface area contributed by atoms with Crippen LogP contribution in [0.25, 0.3) is 22.1 Å². The second-order valence-corrected chi connectivity index (χ2v) is 8.87. The molecule has 0 radical (unpaired) electrons. The van der Waals surface area contributed by atoms with Crippen LogP contribution in [0.4, 0.5) is 0 Å². The van der Waals surface area contributed by atoms with Crippen molar-refractivity contribution in [3.8, 4) is 11.5 Å². The maximum atomic E-state index is 13.1. The molecule has 0 spiro atoms. The molecule has 5 nitrogen and oxygen atoms in total. The second kappa shape index (κ2) is 8.47. The highest BCUT2D eigenvalue weighted by Gasteiger charge is 2.14. The van der Waals surface area contributed by atoms with Crippen molar-refractivity contribution < 1.29 is 9.47 Å². The lowest BCUT2D eigenvalue weighted by atomic mass is 10.1. The first-order valence-electron chi connectivity index (χ1n) is 9.70. The molecule has 0 aliphatic heterocycles. The number of hydrogen-bond acceptors (Lipinski definition) is 5. The quantitative estimate of drug-likeness (QED) is 0.338. The van der Waals surface area contributed by atoms with Crippen LogP contribution in [0.1, 0.15) is 11.1 Å². The molecular weight excluding hydrogens is 467 g/mol. The fourth-order valence-corrected chi connectivity index (χ4v) is 4.80. The van der Waals surface area contributed by atoms with Crippen LogP contribution in [0.3, 0.4) is 0 Å². The molecule has 0 N–H and O–H groups in total.